The fraction of sp³-hybridized carbons (Fsp3) is 0.818. The van der Waals surface area contributed by atoms with Gasteiger partial charge >= 0.3 is 0 Å². The Morgan fingerprint density at radius 2 is 1.64 bits per heavy atom. The lowest BCUT2D eigenvalue weighted by Crippen LogP contribution is -2.40. The van der Waals surface area contributed by atoms with Crippen molar-refractivity contribution in [2.45, 2.75) is 51.4 Å². The molecule has 0 saturated heterocycles. The minimum atomic E-state index is 0.815. The molecule has 0 amide bonds. The fourth-order valence-corrected chi connectivity index (χ4v) is 2.97. The normalized spacial score (nSPS) is 32.7. The van der Waals surface area contributed by atoms with Crippen molar-refractivity contribution in [1.29, 1.82) is 0 Å². The van der Waals surface area contributed by atoms with Crippen molar-refractivity contribution in [3.05, 3.63) is 11.1 Å². The minimum Gasteiger partial charge on any atom is -0.0704 e. The molecule has 0 heterocycles. The molecule has 0 aliphatic heterocycles. The Morgan fingerprint density at radius 3 is 1.91 bits per heavy atom. The van der Waals surface area contributed by atoms with Gasteiger partial charge in [0.2, 0.25) is 0 Å². The summed E-state index contributed by atoms with van der Waals surface area (Å²) in [4.78, 5) is 0. The lowest BCUT2D eigenvalue weighted by atomic mass is 9.51. The Hall–Kier alpha value is -0.260. The highest BCUT2D eigenvalue weighted by atomic mass is 14.5. The SMILES string of the molecule is C1CC(=C2CCC23CCC3)C1. The van der Waals surface area contributed by atoms with Gasteiger partial charge in [-0.3, -0.25) is 0 Å². The van der Waals surface area contributed by atoms with Crippen LogP contribution in [0, 0.1) is 5.41 Å². The summed E-state index contributed by atoms with van der Waals surface area (Å²) in [5.74, 6) is 0. The van der Waals surface area contributed by atoms with Crippen molar-refractivity contribution in [1.82, 2.24) is 0 Å². The molecule has 60 valence electrons. The minimum absolute atomic E-state index is 0.815. The van der Waals surface area contributed by atoms with Crippen LogP contribution < -0.4 is 0 Å². The second-order valence-corrected chi connectivity index (χ2v) is 4.57. The Bertz CT molecular complexity index is 207. The lowest BCUT2D eigenvalue weighted by molar-refractivity contribution is 0.105. The van der Waals surface area contributed by atoms with E-state index in [-0.39, 0.29) is 0 Å². The van der Waals surface area contributed by atoms with Gasteiger partial charge in [0, 0.05) is 0 Å². The summed E-state index contributed by atoms with van der Waals surface area (Å²) in [5, 5.41) is 0. The molecule has 0 aromatic rings. The maximum absolute atomic E-state index is 1.93. The summed E-state index contributed by atoms with van der Waals surface area (Å²) >= 11 is 0. The van der Waals surface area contributed by atoms with Crippen molar-refractivity contribution in [2.75, 3.05) is 0 Å². The zero-order valence-electron chi connectivity index (χ0n) is 7.16. The molecule has 0 aromatic carbocycles. The van der Waals surface area contributed by atoms with Crippen molar-refractivity contribution in [3.8, 4) is 0 Å². The first kappa shape index (κ1) is 6.28. The van der Waals surface area contributed by atoms with E-state index in [1.54, 1.807) is 0 Å². The zero-order chi connectivity index (χ0) is 7.31. The molecular formula is C11H16. The van der Waals surface area contributed by atoms with Crippen molar-refractivity contribution in [3.63, 3.8) is 0 Å². The van der Waals surface area contributed by atoms with Crippen molar-refractivity contribution in [2.24, 2.45) is 5.41 Å². The topological polar surface area (TPSA) is 0 Å². The van der Waals surface area contributed by atoms with Crippen LogP contribution in [0.15, 0.2) is 11.1 Å². The van der Waals surface area contributed by atoms with Crippen LogP contribution in [-0.2, 0) is 0 Å². The summed E-state index contributed by atoms with van der Waals surface area (Å²) in [6.45, 7) is 0. The first-order valence-corrected chi connectivity index (χ1v) is 5.12. The van der Waals surface area contributed by atoms with E-state index in [0.29, 0.717) is 0 Å². The highest BCUT2D eigenvalue weighted by molar-refractivity contribution is 5.34. The summed E-state index contributed by atoms with van der Waals surface area (Å²) in [6, 6.07) is 0. The van der Waals surface area contributed by atoms with E-state index in [0.717, 1.165) is 5.41 Å². The fourth-order valence-electron chi connectivity index (χ4n) is 2.97. The zero-order valence-corrected chi connectivity index (χ0v) is 7.16. The van der Waals surface area contributed by atoms with Gasteiger partial charge in [0.15, 0.2) is 0 Å². The van der Waals surface area contributed by atoms with Gasteiger partial charge in [-0.05, 0) is 50.4 Å². The number of hydrogen-bond donors (Lipinski definition) is 0. The molecule has 11 heavy (non-hydrogen) atoms. The van der Waals surface area contributed by atoms with Crippen molar-refractivity contribution >= 4 is 0 Å². The second-order valence-electron chi connectivity index (χ2n) is 4.57. The van der Waals surface area contributed by atoms with Crippen LogP contribution in [0.4, 0.5) is 0 Å². The summed E-state index contributed by atoms with van der Waals surface area (Å²) in [6.07, 6.45) is 12.0. The Balaban J connectivity index is 1.88. The van der Waals surface area contributed by atoms with Crippen LogP contribution in [0.5, 0.6) is 0 Å². The molecule has 0 unspecified atom stereocenters. The molecule has 3 saturated carbocycles. The van der Waals surface area contributed by atoms with E-state index in [4.69, 9.17) is 0 Å². The molecule has 1 spiro atoms. The molecule has 0 radical (unpaired) electrons. The maximum Gasteiger partial charge on any atom is -0.00823 e. The monoisotopic (exact) mass is 148 g/mol. The maximum atomic E-state index is 1.93. The Kier molecular flexibility index (Phi) is 1.09. The Morgan fingerprint density at radius 1 is 0.818 bits per heavy atom. The molecule has 0 heteroatoms. The standard InChI is InChI=1S/C11H16/c1-3-9(4-1)10-5-8-11(10)6-2-7-11/h1-8H2. The molecule has 0 N–H and O–H groups in total. The van der Waals surface area contributed by atoms with Crippen LogP contribution >= 0.6 is 0 Å². The third kappa shape index (κ3) is 0.660. The molecule has 0 nitrogen and oxygen atoms in total. The van der Waals surface area contributed by atoms with Gasteiger partial charge in [0.05, 0.1) is 0 Å². The average molecular weight is 148 g/mol. The molecular weight excluding hydrogens is 132 g/mol. The third-order valence-corrected chi connectivity index (χ3v) is 4.19. The summed E-state index contributed by atoms with van der Waals surface area (Å²) < 4.78 is 0. The predicted molar refractivity (Wildman–Crippen MR) is 46.4 cm³/mol. The molecule has 3 fully saturated rings. The molecule has 3 rings (SSSR count). The Labute approximate surface area is 68.7 Å². The summed E-state index contributed by atoms with van der Waals surface area (Å²) in [7, 11) is 0. The highest BCUT2D eigenvalue weighted by Crippen LogP contribution is 2.62. The van der Waals surface area contributed by atoms with Crippen LogP contribution in [0.2, 0.25) is 0 Å². The molecule has 0 aromatic heterocycles. The van der Waals surface area contributed by atoms with Gasteiger partial charge in [-0.2, -0.15) is 0 Å². The van der Waals surface area contributed by atoms with E-state index in [1.165, 1.54) is 51.4 Å². The van der Waals surface area contributed by atoms with E-state index < -0.39 is 0 Å². The van der Waals surface area contributed by atoms with Crippen LogP contribution in [0.3, 0.4) is 0 Å². The van der Waals surface area contributed by atoms with E-state index in [9.17, 15) is 0 Å². The molecule has 3 aliphatic rings. The average Bonchev–Trinajstić information content (AvgIpc) is 1.71. The van der Waals surface area contributed by atoms with Crippen molar-refractivity contribution < 1.29 is 0 Å². The van der Waals surface area contributed by atoms with Crippen LogP contribution in [0.25, 0.3) is 0 Å². The van der Waals surface area contributed by atoms with E-state index >= 15 is 0 Å². The first-order chi connectivity index (χ1) is 5.41. The molecule has 0 atom stereocenters. The highest BCUT2D eigenvalue weighted by Gasteiger charge is 2.47. The van der Waals surface area contributed by atoms with Crippen LogP contribution in [0.1, 0.15) is 51.4 Å². The quantitative estimate of drug-likeness (QED) is 0.462. The largest absolute Gasteiger partial charge is 0.0704 e. The van der Waals surface area contributed by atoms with Gasteiger partial charge < -0.3 is 0 Å². The third-order valence-electron chi connectivity index (χ3n) is 4.19. The lowest BCUT2D eigenvalue weighted by Gasteiger charge is -2.54. The second kappa shape index (κ2) is 1.91. The van der Waals surface area contributed by atoms with Gasteiger partial charge in [-0.15, -0.1) is 0 Å². The summed E-state index contributed by atoms with van der Waals surface area (Å²) in [5.41, 5.74) is 4.61. The molecule has 0 bridgehead atoms. The van der Waals surface area contributed by atoms with E-state index in [2.05, 4.69) is 0 Å². The van der Waals surface area contributed by atoms with Gasteiger partial charge in [0.25, 0.3) is 0 Å². The predicted octanol–water partition coefficient (Wildman–Crippen LogP) is 3.43. The number of rotatable bonds is 0. The van der Waals surface area contributed by atoms with Gasteiger partial charge in [-0.1, -0.05) is 17.6 Å². The van der Waals surface area contributed by atoms with Gasteiger partial charge in [0.1, 0.15) is 0 Å². The van der Waals surface area contributed by atoms with Gasteiger partial charge in [-0.25, -0.2) is 0 Å². The first-order valence-electron chi connectivity index (χ1n) is 5.12. The van der Waals surface area contributed by atoms with Crippen LogP contribution in [-0.4, -0.2) is 0 Å². The number of allylic oxidation sites excluding steroid dienone is 2. The smallest absolute Gasteiger partial charge is 0.00823 e. The number of hydrogen-bond acceptors (Lipinski definition) is 0. The van der Waals surface area contributed by atoms with E-state index in [1.807, 2.05) is 11.1 Å². The molecule has 3 aliphatic carbocycles.